The molecule has 2 aliphatic rings. The van der Waals surface area contributed by atoms with Crippen molar-refractivity contribution in [3.63, 3.8) is 0 Å². The molecule has 1 N–H and O–H groups in total. The van der Waals surface area contributed by atoms with E-state index in [-0.39, 0.29) is 36.2 Å². The van der Waals surface area contributed by atoms with Gasteiger partial charge < -0.3 is 19.3 Å². The Morgan fingerprint density at radius 3 is 2.59 bits per heavy atom. The summed E-state index contributed by atoms with van der Waals surface area (Å²) < 4.78 is 44.4. The first-order chi connectivity index (χ1) is 15.9. The number of benzene rings is 1. The van der Waals surface area contributed by atoms with Gasteiger partial charge >= 0.3 is 0 Å². The molecule has 6 atom stereocenters. The Morgan fingerprint density at radius 1 is 1.26 bits per heavy atom. The van der Waals surface area contributed by atoms with Gasteiger partial charge in [-0.15, -0.1) is 6.58 Å². The van der Waals surface area contributed by atoms with Gasteiger partial charge in [0.05, 0.1) is 29.5 Å². The van der Waals surface area contributed by atoms with Gasteiger partial charge in [-0.05, 0) is 51.7 Å². The van der Waals surface area contributed by atoms with E-state index in [2.05, 4.69) is 19.6 Å². The summed E-state index contributed by atoms with van der Waals surface area (Å²) in [6.45, 7) is 13.9. The third-order valence-electron chi connectivity index (χ3n) is 6.67. The van der Waals surface area contributed by atoms with Gasteiger partial charge in [-0.25, -0.2) is 8.42 Å². The molecule has 190 valence electrons. The zero-order valence-electron chi connectivity index (χ0n) is 21.1. The van der Waals surface area contributed by atoms with Crippen LogP contribution in [0.15, 0.2) is 59.5 Å². The molecule has 0 bridgehead atoms. The minimum absolute atomic E-state index is 0.0626. The summed E-state index contributed by atoms with van der Waals surface area (Å²) in [4.78, 5) is 0.353. The van der Waals surface area contributed by atoms with Crippen LogP contribution in [0.5, 0.6) is 0 Å². The molecule has 0 saturated carbocycles. The number of allylic oxidation sites excluding steroid dienone is 1. The SMILES string of the molecule is C=C[C@H](C)[C@@H]1C[C@@]2(OC[C@H](O)C[C@@H]2/C=C(\C)C[C@H](C)CS(=O)(=O)c2ccccc2)OC(C)(C)O1. The molecule has 0 aliphatic carbocycles. The lowest BCUT2D eigenvalue weighted by molar-refractivity contribution is -0.426. The van der Waals surface area contributed by atoms with Gasteiger partial charge in [0.25, 0.3) is 0 Å². The van der Waals surface area contributed by atoms with Crippen molar-refractivity contribution < 1.29 is 27.7 Å². The zero-order valence-corrected chi connectivity index (χ0v) is 21.9. The van der Waals surface area contributed by atoms with Crippen LogP contribution in [0.25, 0.3) is 0 Å². The molecule has 1 aromatic carbocycles. The van der Waals surface area contributed by atoms with E-state index in [1.54, 1.807) is 24.3 Å². The van der Waals surface area contributed by atoms with Gasteiger partial charge in [0.2, 0.25) is 0 Å². The summed E-state index contributed by atoms with van der Waals surface area (Å²) in [6, 6.07) is 8.57. The molecule has 2 fully saturated rings. The highest BCUT2D eigenvalue weighted by Crippen LogP contribution is 2.46. The monoisotopic (exact) mass is 492 g/mol. The fourth-order valence-electron chi connectivity index (χ4n) is 5.13. The number of aliphatic hydroxyl groups excluding tert-OH is 1. The second-order valence-electron chi connectivity index (χ2n) is 10.5. The number of ether oxygens (including phenoxy) is 3. The number of rotatable bonds is 8. The van der Waals surface area contributed by atoms with Crippen LogP contribution in [-0.2, 0) is 24.0 Å². The molecule has 2 heterocycles. The van der Waals surface area contributed by atoms with Gasteiger partial charge in [-0.3, -0.25) is 0 Å². The summed E-state index contributed by atoms with van der Waals surface area (Å²) in [7, 11) is -3.35. The predicted molar refractivity (Wildman–Crippen MR) is 133 cm³/mol. The molecule has 6 nitrogen and oxygen atoms in total. The van der Waals surface area contributed by atoms with Crippen molar-refractivity contribution in [2.24, 2.45) is 17.8 Å². The van der Waals surface area contributed by atoms with Crippen LogP contribution in [0.2, 0.25) is 0 Å². The number of hydrogen-bond donors (Lipinski definition) is 1. The van der Waals surface area contributed by atoms with E-state index in [1.165, 1.54) is 0 Å². The molecule has 7 heteroatoms. The Bertz CT molecular complexity index is 970. The predicted octanol–water partition coefficient (Wildman–Crippen LogP) is 4.89. The lowest BCUT2D eigenvalue weighted by Gasteiger charge is -2.53. The van der Waals surface area contributed by atoms with Crippen LogP contribution in [0.3, 0.4) is 0 Å². The Labute approximate surface area is 204 Å². The smallest absolute Gasteiger partial charge is 0.180 e. The molecule has 0 aromatic heterocycles. The molecule has 1 aromatic rings. The largest absolute Gasteiger partial charge is 0.391 e. The van der Waals surface area contributed by atoms with Gasteiger partial charge in [0.15, 0.2) is 21.4 Å². The molecular formula is C27H40O6S. The van der Waals surface area contributed by atoms with Crippen molar-refractivity contribution in [2.45, 2.75) is 82.6 Å². The first-order valence-electron chi connectivity index (χ1n) is 12.1. The topological polar surface area (TPSA) is 82.1 Å². The van der Waals surface area contributed by atoms with E-state index in [9.17, 15) is 13.5 Å². The molecule has 0 radical (unpaired) electrons. The maximum absolute atomic E-state index is 12.8. The lowest BCUT2D eigenvalue weighted by Crippen LogP contribution is -2.61. The lowest BCUT2D eigenvalue weighted by atomic mass is 9.81. The third-order valence-corrected chi connectivity index (χ3v) is 8.67. The van der Waals surface area contributed by atoms with E-state index in [4.69, 9.17) is 14.2 Å². The molecular weight excluding hydrogens is 452 g/mol. The van der Waals surface area contributed by atoms with E-state index in [0.29, 0.717) is 24.2 Å². The van der Waals surface area contributed by atoms with Crippen LogP contribution < -0.4 is 0 Å². The van der Waals surface area contributed by atoms with E-state index in [0.717, 1.165) is 5.57 Å². The average molecular weight is 493 g/mol. The molecule has 0 amide bonds. The average Bonchev–Trinajstić information content (AvgIpc) is 2.75. The Hall–Kier alpha value is -1.51. The van der Waals surface area contributed by atoms with Crippen LogP contribution >= 0.6 is 0 Å². The highest BCUT2D eigenvalue weighted by atomic mass is 32.2. The number of sulfone groups is 1. The van der Waals surface area contributed by atoms with Crippen molar-refractivity contribution in [2.75, 3.05) is 12.4 Å². The summed E-state index contributed by atoms with van der Waals surface area (Å²) in [6.07, 6.45) is 4.94. The summed E-state index contributed by atoms with van der Waals surface area (Å²) in [5.74, 6) is -1.81. The van der Waals surface area contributed by atoms with Gasteiger partial charge in [-0.1, -0.05) is 49.8 Å². The first kappa shape index (κ1) is 27.1. The highest BCUT2D eigenvalue weighted by Gasteiger charge is 2.54. The normalized spacial score (nSPS) is 31.7. The van der Waals surface area contributed by atoms with Crippen molar-refractivity contribution in [1.82, 2.24) is 0 Å². The third kappa shape index (κ3) is 6.58. The van der Waals surface area contributed by atoms with Crippen molar-refractivity contribution in [3.05, 3.63) is 54.6 Å². The molecule has 2 aliphatic heterocycles. The van der Waals surface area contributed by atoms with E-state index in [1.807, 2.05) is 39.8 Å². The van der Waals surface area contributed by atoms with Crippen LogP contribution in [-0.4, -0.2) is 49.7 Å². The number of aliphatic hydroxyl groups is 1. The Balaban J connectivity index is 1.78. The van der Waals surface area contributed by atoms with Crippen LogP contribution in [0, 0.1) is 17.8 Å². The molecule has 2 saturated heterocycles. The van der Waals surface area contributed by atoms with Gasteiger partial charge in [0.1, 0.15) is 0 Å². The molecule has 3 rings (SSSR count). The van der Waals surface area contributed by atoms with Crippen molar-refractivity contribution in [3.8, 4) is 0 Å². The zero-order chi connectivity index (χ0) is 25.1. The Morgan fingerprint density at radius 2 is 1.94 bits per heavy atom. The van der Waals surface area contributed by atoms with E-state index >= 15 is 0 Å². The second-order valence-corrected chi connectivity index (χ2v) is 12.5. The molecule has 0 unspecified atom stereocenters. The minimum Gasteiger partial charge on any atom is -0.391 e. The molecule has 34 heavy (non-hydrogen) atoms. The Kier molecular flexibility index (Phi) is 8.46. The first-order valence-corrected chi connectivity index (χ1v) is 13.8. The van der Waals surface area contributed by atoms with E-state index < -0.39 is 27.5 Å². The minimum atomic E-state index is -3.35. The van der Waals surface area contributed by atoms with Gasteiger partial charge in [0, 0.05) is 18.3 Å². The summed E-state index contributed by atoms with van der Waals surface area (Å²) in [5, 5.41) is 10.4. The second kappa shape index (κ2) is 10.6. The van der Waals surface area contributed by atoms with Crippen LogP contribution in [0.4, 0.5) is 0 Å². The fraction of sp³-hybridized carbons (Fsp3) is 0.630. The quantitative estimate of drug-likeness (QED) is 0.521. The fourth-order valence-corrected chi connectivity index (χ4v) is 6.76. The van der Waals surface area contributed by atoms with Gasteiger partial charge in [-0.2, -0.15) is 0 Å². The van der Waals surface area contributed by atoms with Crippen molar-refractivity contribution in [1.29, 1.82) is 0 Å². The standard InChI is InChI=1S/C27H40O6S/c1-7-21(4)25-16-27(33-26(5,6)32-25)22(15-23(28)17-31-27)14-19(2)13-20(3)18-34(29,30)24-11-9-8-10-12-24/h7-12,14,20-23,25,28H,1,13,15-18H2,2-6H3/b19-14+/t20-,21-,22-,23+,25-,27+/m0/s1. The van der Waals surface area contributed by atoms with Crippen molar-refractivity contribution >= 4 is 9.84 Å². The highest BCUT2D eigenvalue weighted by molar-refractivity contribution is 7.91. The number of hydrogen-bond acceptors (Lipinski definition) is 6. The molecule has 1 spiro atoms. The summed E-state index contributed by atoms with van der Waals surface area (Å²) >= 11 is 0. The van der Waals surface area contributed by atoms with Crippen LogP contribution in [0.1, 0.15) is 53.9 Å². The summed E-state index contributed by atoms with van der Waals surface area (Å²) in [5.41, 5.74) is 1.05. The maximum Gasteiger partial charge on any atom is 0.180 e. The maximum atomic E-state index is 12.8.